The first-order valence-corrected chi connectivity index (χ1v) is 6.52. The van der Waals surface area contributed by atoms with Gasteiger partial charge in [0.15, 0.2) is 0 Å². The van der Waals surface area contributed by atoms with Gasteiger partial charge in [-0.25, -0.2) is 9.97 Å². The maximum absolute atomic E-state index is 5.34. The molecule has 0 radical (unpaired) electrons. The van der Waals surface area contributed by atoms with Crippen LogP contribution >= 0.6 is 0 Å². The van der Waals surface area contributed by atoms with Gasteiger partial charge in [-0.15, -0.1) is 0 Å². The lowest BCUT2D eigenvalue weighted by atomic mass is 10.3. The zero-order valence-corrected chi connectivity index (χ0v) is 11.4. The molecule has 1 fully saturated rings. The molecule has 1 aromatic heterocycles. The van der Waals surface area contributed by atoms with Crippen LogP contribution in [0.4, 0.5) is 5.95 Å². The van der Waals surface area contributed by atoms with E-state index in [2.05, 4.69) is 27.1 Å². The molecule has 1 N–H and O–H groups in total. The summed E-state index contributed by atoms with van der Waals surface area (Å²) in [5.41, 5.74) is 2.01. The Balaban J connectivity index is 1.87. The standard InChI is InChI=1S/C13H22N4O/c1-10-8-11(2)15-13(14-10)16-12(3)9-17-4-6-18-7-5-17/h8,12H,4-7,9H2,1-3H3,(H,14,15,16)/t12-/m0/s1. The smallest absolute Gasteiger partial charge is 0.223 e. The van der Waals surface area contributed by atoms with Gasteiger partial charge in [0.1, 0.15) is 0 Å². The third kappa shape index (κ3) is 3.92. The molecule has 0 bridgehead atoms. The van der Waals surface area contributed by atoms with Gasteiger partial charge in [0.05, 0.1) is 13.2 Å². The highest BCUT2D eigenvalue weighted by Crippen LogP contribution is 2.06. The molecule has 1 aliphatic rings. The Morgan fingerprint density at radius 3 is 2.50 bits per heavy atom. The summed E-state index contributed by atoms with van der Waals surface area (Å²) in [4.78, 5) is 11.2. The Bertz CT molecular complexity index is 370. The summed E-state index contributed by atoms with van der Waals surface area (Å²) >= 11 is 0. The molecular weight excluding hydrogens is 228 g/mol. The first-order valence-electron chi connectivity index (χ1n) is 6.52. The first-order chi connectivity index (χ1) is 8.63. The van der Waals surface area contributed by atoms with E-state index in [0.29, 0.717) is 6.04 Å². The number of ether oxygens (including phenoxy) is 1. The van der Waals surface area contributed by atoms with E-state index in [0.717, 1.165) is 50.2 Å². The zero-order valence-electron chi connectivity index (χ0n) is 11.4. The van der Waals surface area contributed by atoms with E-state index < -0.39 is 0 Å². The predicted octanol–water partition coefficient (Wildman–Crippen LogP) is 1.23. The van der Waals surface area contributed by atoms with Crippen LogP contribution in [-0.2, 0) is 4.74 Å². The van der Waals surface area contributed by atoms with E-state index in [-0.39, 0.29) is 0 Å². The van der Waals surface area contributed by atoms with E-state index in [1.54, 1.807) is 0 Å². The topological polar surface area (TPSA) is 50.3 Å². The van der Waals surface area contributed by atoms with E-state index in [1.807, 2.05) is 19.9 Å². The van der Waals surface area contributed by atoms with Gasteiger partial charge in [-0.3, -0.25) is 4.90 Å². The largest absolute Gasteiger partial charge is 0.379 e. The number of nitrogens with zero attached hydrogens (tertiary/aromatic N) is 3. The summed E-state index contributed by atoms with van der Waals surface area (Å²) in [6.07, 6.45) is 0. The summed E-state index contributed by atoms with van der Waals surface area (Å²) in [5.74, 6) is 0.730. The summed E-state index contributed by atoms with van der Waals surface area (Å²) in [5, 5.41) is 3.37. The molecule has 5 nitrogen and oxygen atoms in total. The number of hydrogen-bond donors (Lipinski definition) is 1. The van der Waals surface area contributed by atoms with Gasteiger partial charge in [-0.2, -0.15) is 0 Å². The fourth-order valence-electron chi connectivity index (χ4n) is 2.23. The number of hydrogen-bond acceptors (Lipinski definition) is 5. The monoisotopic (exact) mass is 250 g/mol. The molecule has 0 saturated carbocycles. The molecule has 0 unspecified atom stereocenters. The lowest BCUT2D eigenvalue weighted by Gasteiger charge is -2.29. The van der Waals surface area contributed by atoms with Gasteiger partial charge in [-0.05, 0) is 26.8 Å². The highest BCUT2D eigenvalue weighted by atomic mass is 16.5. The fraction of sp³-hybridized carbons (Fsp3) is 0.692. The maximum Gasteiger partial charge on any atom is 0.223 e. The van der Waals surface area contributed by atoms with Crippen molar-refractivity contribution in [3.8, 4) is 0 Å². The second-order valence-electron chi connectivity index (χ2n) is 4.93. The molecule has 2 heterocycles. The minimum atomic E-state index is 0.337. The predicted molar refractivity (Wildman–Crippen MR) is 71.8 cm³/mol. The average Bonchev–Trinajstić information content (AvgIpc) is 2.28. The second-order valence-corrected chi connectivity index (χ2v) is 4.93. The molecule has 5 heteroatoms. The van der Waals surface area contributed by atoms with Crippen LogP contribution in [0.2, 0.25) is 0 Å². The lowest BCUT2D eigenvalue weighted by molar-refractivity contribution is 0.0368. The van der Waals surface area contributed by atoms with Gasteiger partial charge in [0, 0.05) is 37.1 Å². The summed E-state index contributed by atoms with van der Waals surface area (Å²) in [7, 11) is 0. The fourth-order valence-corrected chi connectivity index (χ4v) is 2.23. The number of rotatable bonds is 4. The minimum Gasteiger partial charge on any atom is -0.379 e. The Hall–Kier alpha value is -1.20. The zero-order chi connectivity index (χ0) is 13.0. The second kappa shape index (κ2) is 6.11. The number of anilines is 1. The van der Waals surface area contributed by atoms with Crippen molar-refractivity contribution in [1.29, 1.82) is 0 Å². The third-order valence-electron chi connectivity index (χ3n) is 2.99. The Morgan fingerprint density at radius 2 is 1.89 bits per heavy atom. The van der Waals surface area contributed by atoms with Crippen molar-refractivity contribution in [2.45, 2.75) is 26.8 Å². The van der Waals surface area contributed by atoms with E-state index in [1.165, 1.54) is 0 Å². The van der Waals surface area contributed by atoms with Gasteiger partial charge < -0.3 is 10.1 Å². The van der Waals surface area contributed by atoms with Crippen molar-refractivity contribution in [1.82, 2.24) is 14.9 Å². The summed E-state index contributed by atoms with van der Waals surface area (Å²) in [6.45, 7) is 10.9. The Morgan fingerprint density at radius 1 is 1.28 bits per heavy atom. The quantitative estimate of drug-likeness (QED) is 0.871. The van der Waals surface area contributed by atoms with Crippen molar-refractivity contribution < 1.29 is 4.74 Å². The van der Waals surface area contributed by atoms with Crippen LogP contribution in [0.3, 0.4) is 0 Å². The van der Waals surface area contributed by atoms with Crippen molar-refractivity contribution in [2.75, 3.05) is 38.2 Å². The molecule has 0 amide bonds. The summed E-state index contributed by atoms with van der Waals surface area (Å²) < 4.78 is 5.34. The molecule has 1 aromatic rings. The van der Waals surface area contributed by atoms with Crippen LogP contribution in [0.25, 0.3) is 0 Å². The van der Waals surface area contributed by atoms with Crippen molar-refractivity contribution in [3.63, 3.8) is 0 Å². The number of nitrogens with one attached hydrogen (secondary N) is 1. The number of aryl methyl sites for hydroxylation is 2. The van der Waals surface area contributed by atoms with Crippen molar-refractivity contribution >= 4 is 5.95 Å². The van der Waals surface area contributed by atoms with E-state index in [4.69, 9.17) is 4.74 Å². The highest BCUT2D eigenvalue weighted by Gasteiger charge is 2.14. The number of morpholine rings is 1. The van der Waals surface area contributed by atoms with Crippen molar-refractivity contribution in [3.05, 3.63) is 17.5 Å². The third-order valence-corrected chi connectivity index (χ3v) is 2.99. The van der Waals surface area contributed by atoms with Crippen LogP contribution < -0.4 is 5.32 Å². The van der Waals surface area contributed by atoms with Crippen LogP contribution in [-0.4, -0.2) is 53.8 Å². The molecular formula is C13H22N4O. The molecule has 100 valence electrons. The molecule has 0 spiro atoms. The van der Waals surface area contributed by atoms with Crippen LogP contribution in [0, 0.1) is 13.8 Å². The van der Waals surface area contributed by atoms with Gasteiger partial charge in [0.25, 0.3) is 0 Å². The van der Waals surface area contributed by atoms with Gasteiger partial charge in [-0.1, -0.05) is 0 Å². The SMILES string of the molecule is Cc1cc(C)nc(N[C@@H](C)CN2CCOCC2)n1. The van der Waals surface area contributed by atoms with E-state index >= 15 is 0 Å². The van der Waals surface area contributed by atoms with E-state index in [9.17, 15) is 0 Å². The van der Waals surface area contributed by atoms with Crippen LogP contribution in [0.1, 0.15) is 18.3 Å². The van der Waals surface area contributed by atoms with Gasteiger partial charge in [0.2, 0.25) is 5.95 Å². The molecule has 0 aromatic carbocycles. The molecule has 1 aliphatic heterocycles. The molecule has 1 atom stereocenters. The Kier molecular flexibility index (Phi) is 4.49. The van der Waals surface area contributed by atoms with Crippen LogP contribution in [0.5, 0.6) is 0 Å². The molecule has 2 rings (SSSR count). The van der Waals surface area contributed by atoms with Gasteiger partial charge >= 0.3 is 0 Å². The number of aromatic nitrogens is 2. The molecule has 18 heavy (non-hydrogen) atoms. The summed E-state index contributed by atoms with van der Waals surface area (Å²) in [6, 6.07) is 2.32. The maximum atomic E-state index is 5.34. The minimum absolute atomic E-state index is 0.337. The van der Waals surface area contributed by atoms with Crippen LogP contribution in [0.15, 0.2) is 6.07 Å². The lowest BCUT2D eigenvalue weighted by Crippen LogP contribution is -2.42. The molecule has 0 aliphatic carbocycles. The van der Waals surface area contributed by atoms with Crippen molar-refractivity contribution in [2.24, 2.45) is 0 Å². The average molecular weight is 250 g/mol. The Labute approximate surface area is 109 Å². The highest BCUT2D eigenvalue weighted by molar-refractivity contribution is 5.28. The first kappa shape index (κ1) is 13.2. The normalized spacial score (nSPS) is 18.6. The molecule has 1 saturated heterocycles.